The Hall–Kier alpha value is -4.41. The Labute approximate surface area is 238 Å². The van der Waals surface area contributed by atoms with Crippen molar-refractivity contribution in [1.82, 2.24) is 15.6 Å². The van der Waals surface area contributed by atoms with E-state index in [1.54, 1.807) is 43.4 Å². The molecule has 1 aromatic heterocycles. The topological polar surface area (TPSA) is 101 Å². The van der Waals surface area contributed by atoms with Gasteiger partial charge in [0.05, 0.1) is 34.9 Å². The zero-order valence-corrected chi connectivity index (χ0v) is 23.0. The molecule has 41 heavy (non-hydrogen) atoms. The molecule has 0 atom stereocenters. The average Bonchev–Trinajstić information content (AvgIpc) is 3.11. The highest BCUT2D eigenvalue weighted by molar-refractivity contribution is 7.81. The standard InChI is InChI=1S/C28H24F4N6O2S/c1-27(2)25(40)37(21-11-8-18(14-33)22(23(21)29)28(30,31)32)26(41)38(27)19-9-10-20(36-15-19)16-4-6-17(7-5-16)24(39)35-13-12-34-3/h4-11,15,34H,12-13H2,1-3H3,(H,35,39). The van der Waals surface area contributed by atoms with Gasteiger partial charge in [-0.05, 0) is 69.5 Å². The van der Waals surface area contributed by atoms with Crippen molar-refractivity contribution in [3.8, 4) is 17.3 Å². The van der Waals surface area contributed by atoms with E-state index in [4.69, 9.17) is 17.5 Å². The molecule has 0 radical (unpaired) electrons. The molecule has 4 rings (SSSR count). The maximum absolute atomic E-state index is 15.2. The van der Waals surface area contributed by atoms with Crippen LogP contribution in [0.15, 0.2) is 54.7 Å². The Kier molecular flexibility index (Phi) is 8.10. The number of nitrogens with one attached hydrogen (secondary N) is 2. The molecule has 1 aliphatic rings. The third-order valence-electron chi connectivity index (χ3n) is 6.54. The van der Waals surface area contributed by atoms with Gasteiger partial charge >= 0.3 is 6.18 Å². The predicted molar refractivity (Wildman–Crippen MR) is 149 cm³/mol. The van der Waals surface area contributed by atoms with Gasteiger partial charge in [-0.3, -0.25) is 19.5 Å². The van der Waals surface area contributed by atoms with Crippen molar-refractivity contribution in [2.45, 2.75) is 25.6 Å². The van der Waals surface area contributed by atoms with Crippen LogP contribution in [0.1, 0.15) is 35.3 Å². The maximum Gasteiger partial charge on any atom is 0.420 e. The number of amides is 2. The Balaban J connectivity index is 1.62. The number of aromatic nitrogens is 1. The minimum Gasteiger partial charge on any atom is -0.351 e. The number of anilines is 2. The highest BCUT2D eigenvalue weighted by Gasteiger charge is 2.52. The molecule has 0 spiro atoms. The summed E-state index contributed by atoms with van der Waals surface area (Å²) in [5.74, 6) is -2.74. The number of carbonyl (C=O) groups is 2. The number of halogens is 4. The summed E-state index contributed by atoms with van der Waals surface area (Å²) in [6, 6.07) is 13.1. The maximum atomic E-state index is 15.2. The van der Waals surface area contributed by atoms with Crippen LogP contribution in [0.4, 0.5) is 28.9 Å². The summed E-state index contributed by atoms with van der Waals surface area (Å²) in [7, 11) is 1.79. The Morgan fingerprint density at radius 3 is 2.34 bits per heavy atom. The third-order valence-corrected chi connectivity index (χ3v) is 6.91. The first-order chi connectivity index (χ1) is 19.3. The van der Waals surface area contributed by atoms with Gasteiger partial charge in [0.15, 0.2) is 10.9 Å². The van der Waals surface area contributed by atoms with Gasteiger partial charge in [0.2, 0.25) is 0 Å². The molecule has 1 saturated heterocycles. The lowest BCUT2D eigenvalue weighted by molar-refractivity contribution is -0.140. The van der Waals surface area contributed by atoms with E-state index in [0.717, 1.165) is 12.1 Å². The molecule has 1 aliphatic heterocycles. The summed E-state index contributed by atoms with van der Waals surface area (Å²) in [6.07, 6.45) is -3.73. The fourth-order valence-electron chi connectivity index (χ4n) is 4.43. The quantitative estimate of drug-likeness (QED) is 0.237. The minimum absolute atomic E-state index is 0.213. The number of likely N-dealkylation sites (N-methyl/N-ethyl adjacent to an activating group) is 1. The Bertz CT molecular complexity index is 1550. The van der Waals surface area contributed by atoms with Crippen LogP contribution in [0.3, 0.4) is 0 Å². The molecular formula is C28H24F4N6O2S. The van der Waals surface area contributed by atoms with Crippen LogP contribution in [0.5, 0.6) is 0 Å². The van der Waals surface area contributed by atoms with Gasteiger partial charge in [-0.1, -0.05) is 12.1 Å². The number of carbonyl (C=O) groups excluding carboxylic acids is 2. The number of hydrogen-bond donors (Lipinski definition) is 2. The van der Waals surface area contributed by atoms with E-state index in [-0.39, 0.29) is 11.0 Å². The van der Waals surface area contributed by atoms with Crippen LogP contribution >= 0.6 is 12.2 Å². The van der Waals surface area contributed by atoms with Crippen LogP contribution in [0.2, 0.25) is 0 Å². The molecule has 0 saturated carbocycles. The summed E-state index contributed by atoms with van der Waals surface area (Å²) < 4.78 is 56.0. The number of alkyl halides is 3. The predicted octanol–water partition coefficient (Wildman–Crippen LogP) is 4.64. The molecule has 2 N–H and O–H groups in total. The second kappa shape index (κ2) is 11.2. The number of rotatable bonds is 7. The lowest BCUT2D eigenvalue weighted by Gasteiger charge is -2.29. The zero-order valence-electron chi connectivity index (χ0n) is 22.1. The van der Waals surface area contributed by atoms with Crippen LogP contribution in [-0.4, -0.2) is 47.6 Å². The smallest absolute Gasteiger partial charge is 0.351 e. The monoisotopic (exact) mass is 584 g/mol. The lowest BCUT2D eigenvalue weighted by Crippen LogP contribution is -2.44. The third kappa shape index (κ3) is 5.48. The van der Waals surface area contributed by atoms with E-state index >= 15 is 4.39 Å². The van der Waals surface area contributed by atoms with Gasteiger partial charge in [0.1, 0.15) is 11.1 Å². The van der Waals surface area contributed by atoms with Crippen molar-refractivity contribution in [2.75, 3.05) is 29.9 Å². The van der Waals surface area contributed by atoms with Crippen molar-refractivity contribution in [2.24, 2.45) is 0 Å². The molecular weight excluding hydrogens is 560 g/mol. The fraction of sp³-hybridized carbons (Fsp3) is 0.250. The first-order valence-electron chi connectivity index (χ1n) is 12.3. The van der Waals surface area contributed by atoms with Crippen LogP contribution in [0.25, 0.3) is 11.3 Å². The zero-order chi connectivity index (χ0) is 30.1. The number of pyridine rings is 1. The molecule has 0 unspecified atom stereocenters. The summed E-state index contributed by atoms with van der Waals surface area (Å²) in [5.41, 5.74) is -2.69. The molecule has 212 valence electrons. The highest BCUT2D eigenvalue weighted by Crippen LogP contribution is 2.42. The average molecular weight is 585 g/mol. The second-order valence-electron chi connectivity index (χ2n) is 9.59. The molecule has 0 bridgehead atoms. The van der Waals surface area contributed by atoms with Crippen LogP contribution in [0, 0.1) is 17.1 Å². The van der Waals surface area contributed by atoms with Crippen molar-refractivity contribution in [3.05, 3.63) is 77.2 Å². The largest absolute Gasteiger partial charge is 0.420 e. The van der Waals surface area contributed by atoms with Crippen molar-refractivity contribution in [3.63, 3.8) is 0 Å². The van der Waals surface area contributed by atoms with E-state index in [2.05, 4.69) is 15.6 Å². The Morgan fingerprint density at radius 2 is 1.78 bits per heavy atom. The molecule has 1 fully saturated rings. The van der Waals surface area contributed by atoms with Gasteiger partial charge in [-0.15, -0.1) is 0 Å². The minimum atomic E-state index is -5.17. The number of nitrogens with zero attached hydrogens (tertiary/aromatic N) is 4. The van der Waals surface area contributed by atoms with Crippen LogP contribution < -0.4 is 20.4 Å². The SMILES string of the molecule is CNCCNC(=O)c1ccc(-c2ccc(N3C(=S)N(c4ccc(C#N)c(C(F)(F)F)c4F)C(=O)C3(C)C)cn2)cc1. The van der Waals surface area contributed by atoms with Gasteiger partial charge < -0.3 is 15.5 Å². The molecule has 2 aromatic carbocycles. The second-order valence-corrected chi connectivity index (χ2v) is 9.95. The van der Waals surface area contributed by atoms with Crippen molar-refractivity contribution < 1.29 is 27.2 Å². The summed E-state index contributed by atoms with van der Waals surface area (Å²) in [5, 5.41) is 14.5. The van der Waals surface area contributed by atoms with E-state index < -0.39 is 40.3 Å². The number of thiocarbonyl (C=S) groups is 1. The molecule has 13 heteroatoms. The molecule has 2 amide bonds. The van der Waals surface area contributed by atoms with E-state index in [1.807, 2.05) is 0 Å². The lowest BCUT2D eigenvalue weighted by atomic mass is 10.0. The van der Waals surface area contributed by atoms with Crippen LogP contribution in [-0.2, 0) is 11.0 Å². The molecule has 2 heterocycles. The van der Waals surface area contributed by atoms with E-state index in [1.165, 1.54) is 31.0 Å². The summed E-state index contributed by atoms with van der Waals surface area (Å²) in [6.45, 7) is 4.12. The van der Waals surface area contributed by atoms with Crippen molar-refractivity contribution in [1.29, 1.82) is 5.26 Å². The first kappa shape index (κ1) is 29.6. The number of hydrogen-bond acceptors (Lipinski definition) is 6. The van der Waals surface area contributed by atoms with Gasteiger partial charge in [0.25, 0.3) is 11.8 Å². The summed E-state index contributed by atoms with van der Waals surface area (Å²) in [4.78, 5) is 32.1. The molecule has 3 aromatic rings. The fourth-order valence-corrected chi connectivity index (χ4v) is 4.95. The normalized spacial score (nSPS) is 14.8. The van der Waals surface area contributed by atoms with Crippen molar-refractivity contribution >= 4 is 40.5 Å². The Morgan fingerprint density at radius 1 is 1.10 bits per heavy atom. The van der Waals surface area contributed by atoms with Gasteiger partial charge in [0, 0.05) is 24.2 Å². The highest BCUT2D eigenvalue weighted by atomic mass is 32.1. The summed E-state index contributed by atoms with van der Waals surface area (Å²) >= 11 is 5.46. The van der Waals surface area contributed by atoms with E-state index in [0.29, 0.717) is 40.5 Å². The number of nitriles is 1. The van der Waals surface area contributed by atoms with Gasteiger partial charge in [-0.25, -0.2) is 4.39 Å². The number of benzene rings is 2. The van der Waals surface area contributed by atoms with Gasteiger partial charge in [-0.2, -0.15) is 18.4 Å². The van der Waals surface area contributed by atoms with E-state index in [9.17, 15) is 22.8 Å². The molecule has 8 nitrogen and oxygen atoms in total. The molecule has 0 aliphatic carbocycles. The first-order valence-corrected chi connectivity index (χ1v) is 12.7.